The molecule has 0 bridgehead atoms. The highest BCUT2D eigenvalue weighted by atomic mass is 16.2. The Morgan fingerprint density at radius 1 is 1.00 bits per heavy atom. The summed E-state index contributed by atoms with van der Waals surface area (Å²) in [6.45, 7) is 2.15. The standard InChI is InChI=1S/C23H26N2O2/c1-18(26)25-21-12-9-19(10-13-21)11-14-22(27)24-17-23(15-5-6-16-23)20-7-3-2-4-8-20/h2-4,7-14H,5-6,15-17H2,1H3,(H,24,27)(H,25,26)/b14-11+. The minimum absolute atomic E-state index is 0.0603. The maximum absolute atomic E-state index is 12.3. The van der Waals surface area contributed by atoms with Gasteiger partial charge in [-0.2, -0.15) is 0 Å². The second-order valence-corrected chi connectivity index (χ2v) is 7.21. The van der Waals surface area contributed by atoms with E-state index in [2.05, 4.69) is 34.9 Å². The maximum Gasteiger partial charge on any atom is 0.244 e. The minimum Gasteiger partial charge on any atom is -0.352 e. The Morgan fingerprint density at radius 2 is 1.67 bits per heavy atom. The van der Waals surface area contributed by atoms with Crippen molar-refractivity contribution in [3.63, 3.8) is 0 Å². The molecule has 27 heavy (non-hydrogen) atoms. The van der Waals surface area contributed by atoms with Crippen LogP contribution in [0, 0.1) is 0 Å². The molecule has 1 aliphatic rings. The maximum atomic E-state index is 12.3. The monoisotopic (exact) mass is 362 g/mol. The van der Waals surface area contributed by atoms with Crippen molar-refractivity contribution in [2.24, 2.45) is 0 Å². The summed E-state index contributed by atoms with van der Waals surface area (Å²) in [7, 11) is 0. The van der Waals surface area contributed by atoms with Crippen LogP contribution in [0.15, 0.2) is 60.7 Å². The van der Waals surface area contributed by atoms with Gasteiger partial charge in [0.05, 0.1) is 0 Å². The van der Waals surface area contributed by atoms with Crippen molar-refractivity contribution in [3.05, 3.63) is 71.8 Å². The molecular formula is C23H26N2O2. The Hall–Kier alpha value is -2.88. The first-order valence-corrected chi connectivity index (χ1v) is 9.47. The third kappa shape index (κ3) is 5.07. The van der Waals surface area contributed by atoms with Crippen molar-refractivity contribution in [3.8, 4) is 0 Å². The van der Waals surface area contributed by atoms with Gasteiger partial charge in [-0.05, 0) is 42.2 Å². The zero-order valence-electron chi connectivity index (χ0n) is 15.7. The van der Waals surface area contributed by atoms with E-state index in [1.165, 1.54) is 25.3 Å². The summed E-state index contributed by atoms with van der Waals surface area (Å²) in [5.74, 6) is -0.180. The highest BCUT2D eigenvalue weighted by Crippen LogP contribution is 2.40. The van der Waals surface area contributed by atoms with E-state index in [1.807, 2.05) is 30.3 Å². The Labute approximate surface area is 160 Å². The number of amides is 2. The van der Waals surface area contributed by atoms with Gasteiger partial charge < -0.3 is 10.6 Å². The number of carbonyl (C=O) groups excluding carboxylic acids is 2. The first-order chi connectivity index (χ1) is 13.1. The van der Waals surface area contributed by atoms with E-state index < -0.39 is 0 Å². The van der Waals surface area contributed by atoms with Gasteiger partial charge in [0, 0.05) is 30.6 Å². The van der Waals surface area contributed by atoms with Crippen LogP contribution in [0.1, 0.15) is 43.7 Å². The molecule has 2 aromatic carbocycles. The molecule has 0 spiro atoms. The van der Waals surface area contributed by atoms with Gasteiger partial charge in [0.15, 0.2) is 0 Å². The van der Waals surface area contributed by atoms with Crippen molar-refractivity contribution in [1.29, 1.82) is 0 Å². The molecule has 0 unspecified atom stereocenters. The van der Waals surface area contributed by atoms with Gasteiger partial charge in [0.1, 0.15) is 0 Å². The summed E-state index contributed by atoms with van der Waals surface area (Å²) >= 11 is 0. The van der Waals surface area contributed by atoms with Crippen LogP contribution in [-0.4, -0.2) is 18.4 Å². The molecule has 1 fully saturated rings. The molecule has 0 atom stereocenters. The predicted molar refractivity (Wildman–Crippen MR) is 109 cm³/mol. The quantitative estimate of drug-likeness (QED) is 0.753. The lowest BCUT2D eigenvalue weighted by molar-refractivity contribution is -0.116. The molecular weight excluding hydrogens is 336 g/mol. The number of carbonyl (C=O) groups is 2. The number of nitrogens with one attached hydrogen (secondary N) is 2. The van der Waals surface area contributed by atoms with E-state index in [0.717, 1.165) is 24.1 Å². The van der Waals surface area contributed by atoms with E-state index in [0.29, 0.717) is 6.54 Å². The first kappa shape index (κ1) is 18.9. The molecule has 4 nitrogen and oxygen atoms in total. The number of rotatable bonds is 6. The van der Waals surface area contributed by atoms with Gasteiger partial charge >= 0.3 is 0 Å². The summed E-state index contributed by atoms with van der Waals surface area (Å²) in [6.07, 6.45) is 8.01. The van der Waals surface area contributed by atoms with Crippen molar-refractivity contribution in [2.45, 2.75) is 38.0 Å². The SMILES string of the molecule is CC(=O)Nc1ccc(/C=C/C(=O)NCC2(c3ccccc3)CCCC2)cc1. The fourth-order valence-electron chi connectivity index (χ4n) is 3.78. The van der Waals surface area contributed by atoms with E-state index in [4.69, 9.17) is 0 Å². The van der Waals surface area contributed by atoms with Gasteiger partial charge in [-0.15, -0.1) is 0 Å². The van der Waals surface area contributed by atoms with E-state index in [9.17, 15) is 9.59 Å². The highest BCUT2D eigenvalue weighted by Gasteiger charge is 2.35. The summed E-state index contributed by atoms with van der Waals surface area (Å²) < 4.78 is 0. The van der Waals surface area contributed by atoms with Gasteiger partial charge in [0.25, 0.3) is 0 Å². The third-order valence-electron chi connectivity index (χ3n) is 5.21. The van der Waals surface area contributed by atoms with Crippen LogP contribution in [0.3, 0.4) is 0 Å². The summed E-state index contributed by atoms with van der Waals surface area (Å²) in [4.78, 5) is 23.3. The Morgan fingerprint density at radius 3 is 2.30 bits per heavy atom. The van der Waals surface area contributed by atoms with E-state index >= 15 is 0 Å². The molecule has 0 radical (unpaired) electrons. The highest BCUT2D eigenvalue weighted by molar-refractivity contribution is 5.92. The zero-order valence-corrected chi connectivity index (χ0v) is 15.7. The van der Waals surface area contributed by atoms with Gasteiger partial charge in [-0.3, -0.25) is 9.59 Å². The van der Waals surface area contributed by atoms with E-state index in [1.54, 1.807) is 12.2 Å². The fourth-order valence-corrected chi connectivity index (χ4v) is 3.78. The largest absolute Gasteiger partial charge is 0.352 e. The third-order valence-corrected chi connectivity index (χ3v) is 5.21. The van der Waals surface area contributed by atoms with Gasteiger partial charge in [-0.1, -0.05) is 55.3 Å². The second kappa shape index (κ2) is 8.67. The minimum atomic E-state index is -0.100. The summed E-state index contributed by atoms with van der Waals surface area (Å²) in [6, 6.07) is 17.9. The topological polar surface area (TPSA) is 58.2 Å². The first-order valence-electron chi connectivity index (χ1n) is 9.47. The van der Waals surface area contributed by atoms with Crippen LogP contribution in [-0.2, 0) is 15.0 Å². The van der Waals surface area contributed by atoms with Crippen LogP contribution in [0.2, 0.25) is 0 Å². The molecule has 3 rings (SSSR count). The molecule has 2 aromatic rings. The molecule has 1 saturated carbocycles. The van der Waals surface area contributed by atoms with Crippen molar-refractivity contribution in [2.75, 3.05) is 11.9 Å². The smallest absolute Gasteiger partial charge is 0.244 e. The number of anilines is 1. The molecule has 1 aliphatic carbocycles. The van der Waals surface area contributed by atoms with Crippen molar-refractivity contribution >= 4 is 23.6 Å². The van der Waals surface area contributed by atoms with Crippen molar-refractivity contribution in [1.82, 2.24) is 5.32 Å². The van der Waals surface area contributed by atoms with Crippen LogP contribution in [0.5, 0.6) is 0 Å². The normalized spacial score (nSPS) is 15.6. The summed E-state index contributed by atoms with van der Waals surface area (Å²) in [5.41, 5.74) is 3.04. The van der Waals surface area contributed by atoms with Crippen LogP contribution < -0.4 is 10.6 Å². The number of hydrogen-bond acceptors (Lipinski definition) is 2. The Bertz CT molecular complexity index is 804. The lowest BCUT2D eigenvalue weighted by atomic mass is 9.79. The van der Waals surface area contributed by atoms with Crippen molar-refractivity contribution < 1.29 is 9.59 Å². The average Bonchev–Trinajstić information content (AvgIpc) is 3.16. The molecule has 2 N–H and O–H groups in total. The van der Waals surface area contributed by atoms with Crippen LogP contribution >= 0.6 is 0 Å². The zero-order chi connectivity index (χ0) is 19.1. The average molecular weight is 362 g/mol. The molecule has 140 valence electrons. The lowest BCUT2D eigenvalue weighted by Gasteiger charge is -2.29. The van der Waals surface area contributed by atoms with Gasteiger partial charge in [0.2, 0.25) is 11.8 Å². The molecule has 0 heterocycles. The Balaban J connectivity index is 1.58. The molecule has 4 heteroatoms. The second-order valence-electron chi connectivity index (χ2n) is 7.21. The Kier molecular flexibility index (Phi) is 6.07. The molecule has 0 aliphatic heterocycles. The van der Waals surface area contributed by atoms with Crippen LogP contribution in [0.4, 0.5) is 5.69 Å². The predicted octanol–water partition coefficient (Wildman–Crippen LogP) is 4.29. The number of hydrogen-bond donors (Lipinski definition) is 2. The molecule has 0 aromatic heterocycles. The number of benzene rings is 2. The van der Waals surface area contributed by atoms with Gasteiger partial charge in [-0.25, -0.2) is 0 Å². The molecule has 2 amide bonds. The lowest BCUT2D eigenvalue weighted by Crippen LogP contribution is -2.38. The van der Waals surface area contributed by atoms with Crippen LogP contribution in [0.25, 0.3) is 6.08 Å². The molecule has 0 saturated heterocycles. The summed E-state index contributed by atoms with van der Waals surface area (Å²) in [5, 5.41) is 5.81. The van der Waals surface area contributed by atoms with E-state index in [-0.39, 0.29) is 17.2 Å². The fraction of sp³-hybridized carbons (Fsp3) is 0.304.